The van der Waals surface area contributed by atoms with Crippen molar-refractivity contribution in [2.45, 2.75) is 71.1 Å². The van der Waals surface area contributed by atoms with Gasteiger partial charge in [-0.3, -0.25) is 14.4 Å². The molecule has 3 aromatic rings. The number of rotatable bonds is 12. The quantitative estimate of drug-likeness (QED) is 0.229. The lowest BCUT2D eigenvalue weighted by atomic mass is 9.93. The molecule has 0 radical (unpaired) electrons. The topological polar surface area (TPSA) is 128 Å². The molecule has 0 saturated heterocycles. The number of aryl methyl sites for hydroxylation is 1. The van der Waals surface area contributed by atoms with Crippen molar-refractivity contribution in [1.82, 2.24) is 19.8 Å². The number of alkyl halides is 3. The van der Waals surface area contributed by atoms with Crippen LogP contribution in [-0.2, 0) is 22.2 Å². The van der Waals surface area contributed by atoms with E-state index in [1.165, 1.54) is 0 Å². The molecule has 12 heteroatoms. The Hall–Kier alpha value is -4.94. The minimum Gasteiger partial charge on any atom is -0.481 e. The summed E-state index contributed by atoms with van der Waals surface area (Å²) >= 11 is 0. The fourth-order valence-electron chi connectivity index (χ4n) is 5.59. The number of nitrogens with one attached hydrogen (secondary N) is 1. The van der Waals surface area contributed by atoms with Crippen molar-refractivity contribution in [2.75, 3.05) is 20.6 Å². The highest BCUT2D eigenvalue weighted by molar-refractivity contribution is 5.82. The van der Waals surface area contributed by atoms with E-state index in [4.69, 9.17) is 0 Å². The van der Waals surface area contributed by atoms with Crippen LogP contribution >= 0.6 is 0 Å². The molecule has 1 aliphatic rings. The van der Waals surface area contributed by atoms with E-state index in [1.807, 2.05) is 26.8 Å². The lowest BCUT2D eigenvalue weighted by molar-refractivity contribution is -0.139. The maximum Gasteiger partial charge on any atom is 0.416 e. The minimum absolute atomic E-state index is 0.0231. The first kappa shape index (κ1) is 36.9. The van der Waals surface area contributed by atoms with Crippen LogP contribution in [0.1, 0.15) is 85.3 Å². The number of carbonyl (C=O) groups is 2. The van der Waals surface area contributed by atoms with Crippen molar-refractivity contribution >= 4 is 11.9 Å². The third-order valence-corrected chi connectivity index (χ3v) is 8.19. The Morgan fingerprint density at radius 2 is 1.90 bits per heavy atom. The van der Waals surface area contributed by atoms with E-state index in [9.17, 15) is 37.9 Å². The Kier molecular flexibility index (Phi) is 11.7. The first-order chi connectivity index (χ1) is 23.1. The lowest BCUT2D eigenvalue weighted by Crippen LogP contribution is -2.41. The number of halogens is 3. The Labute approximate surface area is 283 Å². The predicted molar refractivity (Wildman–Crippen MR) is 178 cm³/mol. The SMILES string of the molecule is Cc1cccc(C#N)c1-c1cc(C#CC2CC2)nc([C@H](CC(=O)O)NC(=O)[C@H](CC(C)C)n2cc(CCN(C)C)c(C(F)(F)F)cc2=O)c1. The van der Waals surface area contributed by atoms with Crippen LogP contribution in [0.3, 0.4) is 0 Å². The van der Waals surface area contributed by atoms with Gasteiger partial charge in [-0.15, -0.1) is 0 Å². The van der Waals surface area contributed by atoms with Crippen molar-refractivity contribution in [3.05, 3.63) is 86.6 Å². The maximum absolute atomic E-state index is 14.1. The lowest BCUT2D eigenvalue weighted by Gasteiger charge is -2.26. The van der Waals surface area contributed by atoms with Crippen molar-refractivity contribution in [3.63, 3.8) is 0 Å². The zero-order chi connectivity index (χ0) is 36.0. The second-order valence-corrected chi connectivity index (χ2v) is 13.1. The summed E-state index contributed by atoms with van der Waals surface area (Å²) in [5.41, 5.74) is 0.671. The molecule has 0 aliphatic heterocycles. The van der Waals surface area contributed by atoms with Gasteiger partial charge in [-0.05, 0) is 93.4 Å². The number of aliphatic carboxylic acids is 1. The first-order valence-corrected chi connectivity index (χ1v) is 16.1. The Morgan fingerprint density at radius 1 is 1.18 bits per heavy atom. The van der Waals surface area contributed by atoms with E-state index in [0.29, 0.717) is 28.5 Å². The molecular weight excluding hydrogens is 635 g/mol. The summed E-state index contributed by atoms with van der Waals surface area (Å²) in [5, 5.41) is 22.5. The Balaban J connectivity index is 1.82. The van der Waals surface area contributed by atoms with Gasteiger partial charge >= 0.3 is 12.1 Å². The first-order valence-electron chi connectivity index (χ1n) is 16.1. The monoisotopic (exact) mass is 675 g/mol. The standard InChI is InChI=1S/C37H40F3N5O4/c1-22(2)15-32(45-21-26(13-14-44(4)5)29(18-33(45)46)37(38,39)40)36(49)43-31(19-34(47)48)30-17-27(16-28(42-30)12-11-24-9-10-24)35-23(3)7-6-8-25(35)20-41/h6-8,16-18,21-22,24,31-32H,9-10,13-15,19H2,1-5H3,(H,43,49)(H,47,48)/t31-,32-/m0/s1. The number of aromatic nitrogens is 2. The number of amides is 1. The molecule has 4 rings (SSSR count). The fourth-order valence-corrected chi connectivity index (χ4v) is 5.59. The zero-order valence-corrected chi connectivity index (χ0v) is 28.2. The van der Waals surface area contributed by atoms with Crippen LogP contribution in [-0.4, -0.2) is 52.1 Å². The molecule has 258 valence electrons. The van der Waals surface area contributed by atoms with Crippen LogP contribution in [0.25, 0.3) is 11.1 Å². The van der Waals surface area contributed by atoms with E-state index in [-0.39, 0.29) is 42.5 Å². The predicted octanol–water partition coefficient (Wildman–Crippen LogP) is 5.89. The van der Waals surface area contributed by atoms with Crippen molar-refractivity contribution in [3.8, 4) is 29.0 Å². The van der Waals surface area contributed by atoms with Gasteiger partial charge in [0.25, 0.3) is 5.56 Å². The fraction of sp³-hybridized carbons (Fsp3) is 0.432. The normalized spacial score (nSPS) is 14.1. The number of carboxylic acids is 1. The number of carboxylic acid groups (broad SMARTS) is 1. The highest BCUT2D eigenvalue weighted by Crippen LogP contribution is 2.34. The summed E-state index contributed by atoms with van der Waals surface area (Å²) in [6.07, 6.45) is -2.27. The third-order valence-electron chi connectivity index (χ3n) is 8.19. The van der Waals surface area contributed by atoms with Gasteiger partial charge in [-0.25, -0.2) is 4.98 Å². The van der Waals surface area contributed by atoms with Gasteiger partial charge in [0.05, 0.1) is 35.4 Å². The molecule has 1 fully saturated rings. The van der Waals surface area contributed by atoms with Gasteiger partial charge < -0.3 is 19.9 Å². The van der Waals surface area contributed by atoms with Crippen molar-refractivity contribution in [2.24, 2.45) is 11.8 Å². The van der Waals surface area contributed by atoms with Crippen molar-refractivity contribution in [1.29, 1.82) is 5.26 Å². The molecule has 0 spiro atoms. The highest BCUT2D eigenvalue weighted by Gasteiger charge is 2.36. The highest BCUT2D eigenvalue weighted by atomic mass is 19.4. The summed E-state index contributed by atoms with van der Waals surface area (Å²) in [7, 11) is 3.43. The molecule has 1 aliphatic carbocycles. The van der Waals surface area contributed by atoms with Crippen LogP contribution in [0.4, 0.5) is 13.2 Å². The van der Waals surface area contributed by atoms with Gasteiger partial charge in [0.2, 0.25) is 5.91 Å². The van der Waals surface area contributed by atoms with E-state index >= 15 is 0 Å². The zero-order valence-electron chi connectivity index (χ0n) is 28.2. The number of carbonyl (C=O) groups excluding carboxylic acids is 1. The smallest absolute Gasteiger partial charge is 0.416 e. The number of hydrogen-bond acceptors (Lipinski definition) is 6. The molecule has 1 aromatic carbocycles. The van der Waals surface area contributed by atoms with Gasteiger partial charge in [0, 0.05) is 30.3 Å². The Morgan fingerprint density at radius 3 is 2.49 bits per heavy atom. The molecule has 1 saturated carbocycles. The van der Waals surface area contributed by atoms with Crippen LogP contribution in [0.5, 0.6) is 0 Å². The van der Waals surface area contributed by atoms with E-state index < -0.39 is 47.7 Å². The molecule has 0 bridgehead atoms. The average molecular weight is 676 g/mol. The summed E-state index contributed by atoms with van der Waals surface area (Å²) in [5.74, 6) is 4.29. The molecule has 2 heterocycles. The van der Waals surface area contributed by atoms with Crippen LogP contribution < -0.4 is 10.9 Å². The summed E-state index contributed by atoms with van der Waals surface area (Å²) in [4.78, 5) is 45.8. The molecule has 49 heavy (non-hydrogen) atoms. The van der Waals surface area contributed by atoms with Gasteiger partial charge in [0.15, 0.2) is 0 Å². The molecule has 2 aromatic heterocycles. The molecule has 1 amide bonds. The van der Waals surface area contributed by atoms with E-state index in [2.05, 4.69) is 28.2 Å². The van der Waals surface area contributed by atoms with Crippen LogP contribution in [0.15, 0.2) is 47.4 Å². The number of hydrogen-bond donors (Lipinski definition) is 2. The van der Waals surface area contributed by atoms with E-state index in [1.54, 1.807) is 43.3 Å². The third kappa shape index (κ3) is 9.80. The number of nitriles is 1. The summed E-state index contributed by atoms with van der Waals surface area (Å²) in [6, 6.07) is 8.86. The van der Waals surface area contributed by atoms with Crippen LogP contribution in [0, 0.1) is 41.9 Å². The van der Waals surface area contributed by atoms with Crippen molar-refractivity contribution < 1.29 is 27.9 Å². The molecule has 9 nitrogen and oxygen atoms in total. The largest absolute Gasteiger partial charge is 0.481 e. The van der Waals surface area contributed by atoms with Gasteiger partial charge in [0.1, 0.15) is 11.7 Å². The average Bonchev–Trinajstić information content (AvgIpc) is 3.85. The maximum atomic E-state index is 14.1. The summed E-state index contributed by atoms with van der Waals surface area (Å²) < 4.78 is 42.9. The second-order valence-electron chi connectivity index (χ2n) is 13.1. The second kappa shape index (κ2) is 15.5. The molecular formula is C37H40F3N5O4. The molecule has 2 atom stereocenters. The Bertz CT molecular complexity index is 1880. The van der Waals surface area contributed by atoms with Gasteiger partial charge in [-0.2, -0.15) is 18.4 Å². The van der Waals surface area contributed by atoms with Gasteiger partial charge in [-0.1, -0.05) is 31.9 Å². The van der Waals surface area contributed by atoms with Crippen LogP contribution in [0.2, 0.25) is 0 Å². The molecule has 2 N–H and O–H groups in total. The minimum atomic E-state index is -4.78. The number of pyridine rings is 2. The number of likely N-dealkylation sites (N-methyl/N-ethyl adjacent to an activating group) is 1. The summed E-state index contributed by atoms with van der Waals surface area (Å²) in [6.45, 7) is 5.72. The number of nitrogens with zero attached hydrogens (tertiary/aromatic N) is 4. The van der Waals surface area contributed by atoms with E-state index in [0.717, 1.165) is 29.2 Å². The molecule has 0 unspecified atom stereocenters. The number of benzene rings is 1.